The Bertz CT molecular complexity index is 290. The zero-order valence-electron chi connectivity index (χ0n) is 12.5. The van der Waals surface area contributed by atoms with E-state index in [1.807, 2.05) is 6.08 Å². The Balaban J connectivity index is 3.52. The summed E-state index contributed by atoms with van der Waals surface area (Å²) in [7, 11) is 0. The average molecular weight is 268 g/mol. The van der Waals surface area contributed by atoms with E-state index in [1.54, 1.807) is 13.8 Å². The maximum Gasteiger partial charge on any atom is 0.335 e. The monoisotopic (exact) mass is 268 g/mol. The summed E-state index contributed by atoms with van der Waals surface area (Å²) in [6.45, 7) is 5.78. The van der Waals surface area contributed by atoms with Crippen molar-refractivity contribution in [2.45, 2.75) is 64.9 Å². The minimum absolute atomic E-state index is 0.440. The number of allylic oxidation sites excluding steroid dienone is 3. The summed E-state index contributed by atoms with van der Waals surface area (Å²) in [5.41, 5.74) is -1.09. The lowest BCUT2D eigenvalue weighted by Crippen LogP contribution is -2.34. The SMILES string of the molecule is CCCCC/C=C\C/C=C\CCOC(C)(C)C(=O)O. The third-order valence-corrected chi connectivity index (χ3v) is 2.84. The molecule has 0 bridgehead atoms. The molecule has 0 aromatic rings. The summed E-state index contributed by atoms with van der Waals surface area (Å²) < 4.78 is 5.29. The highest BCUT2D eigenvalue weighted by Crippen LogP contribution is 2.09. The fourth-order valence-corrected chi connectivity index (χ4v) is 1.46. The molecule has 0 unspecified atom stereocenters. The largest absolute Gasteiger partial charge is 0.479 e. The molecule has 0 spiro atoms. The first-order chi connectivity index (χ1) is 9.00. The van der Waals surface area contributed by atoms with Gasteiger partial charge in [0.15, 0.2) is 5.60 Å². The van der Waals surface area contributed by atoms with Crippen LogP contribution in [0.5, 0.6) is 0 Å². The Morgan fingerprint density at radius 1 is 1.11 bits per heavy atom. The second-order valence-electron chi connectivity index (χ2n) is 5.13. The van der Waals surface area contributed by atoms with E-state index in [4.69, 9.17) is 9.84 Å². The summed E-state index contributed by atoms with van der Waals surface area (Å²) in [6.07, 6.45) is 15.2. The van der Waals surface area contributed by atoms with Gasteiger partial charge in [-0.25, -0.2) is 4.79 Å². The minimum atomic E-state index is -1.09. The maximum atomic E-state index is 10.8. The van der Waals surface area contributed by atoms with Crippen LogP contribution in [-0.4, -0.2) is 23.3 Å². The zero-order chi connectivity index (χ0) is 14.6. The summed E-state index contributed by atoms with van der Waals surface area (Å²) in [5, 5.41) is 8.85. The topological polar surface area (TPSA) is 46.5 Å². The van der Waals surface area contributed by atoms with Crippen molar-refractivity contribution in [3.8, 4) is 0 Å². The third kappa shape index (κ3) is 10.5. The van der Waals surface area contributed by atoms with Gasteiger partial charge in [-0.15, -0.1) is 0 Å². The van der Waals surface area contributed by atoms with Crippen LogP contribution in [0.4, 0.5) is 0 Å². The highest BCUT2D eigenvalue weighted by Gasteiger charge is 2.27. The molecular weight excluding hydrogens is 240 g/mol. The molecule has 0 saturated heterocycles. The second-order valence-corrected chi connectivity index (χ2v) is 5.13. The van der Waals surface area contributed by atoms with Crippen molar-refractivity contribution in [3.63, 3.8) is 0 Å². The molecule has 0 aliphatic heterocycles. The van der Waals surface area contributed by atoms with Gasteiger partial charge in [-0.05, 0) is 39.5 Å². The van der Waals surface area contributed by atoms with Crippen LogP contribution < -0.4 is 0 Å². The van der Waals surface area contributed by atoms with Crippen molar-refractivity contribution in [2.75, 3.05) is 6.61 Å². The van der Waals surface area contributed by atoms with Crippen LogP contribution in [0.3, 0.4) is 0 Å². The summed E-state index contributed by atoms with van der Waals surface area (Å²) in [4.78, 5) is 10.8. The molecule has 0 aromatic carbocycles. The molecule has 0 radical (unpaired) electrons. The predicted molar refractivity (Wildman–Crippen MR) is 79.3 cm³/mol. The van der Waals surface area contributed by atoms with Crippen LogP contribution in [0, 0.1) is 0 Å². The molecular formula is C16H28O3. The van der Waals surface area contributed by atoms with Gasteiger partial charge in [-0.3, -0.25) is 0 Å². The van der Waals surface area contributed by atoms with E-state index < -0.39 is 11.6 Å². The molecule has 0 heterocycles. The Morgan fingerprint density at radius 3 is 2.32 bits per heavy atom. The van der Waals surface area contributed by atoms with Gasteiger partial charge in [0.2, 0.25) is 0 Å². The highest BCUT2D eigenvalue weighted by atomic mass is 16.5. The smallest absolute Gasteiger partial charge is 0.335 e. The van der Waals surface area contributed by atoms with E-state index in [-0.39, 0.29) is 0 Å². The van der Waals surface area contributed by atoms with Crippen LogP contribution in [0.15, 0.2) is 24.3 Å². The average Bonchev–Trinajstić information content (AvgIpc) is 2.35. The molecule has 0 amide bonds. The molecule has 1 N–H and O–H groups in total. The van der Waals surface area contributed by atoms with Gasteiger partial charge in [-0.2, -0.15) is 0 Å². The second kappa shape index (κ2) is 10.8. The molecule has 0 fully saturated rings. The molecule has 0 aliphatic carbocycles. The first-order valence-electron chi connectivity index (χ1n) is 7.18. The number of carboxylic acid groups (broad SMARTS) is 1. The van der Waals surface area contributed by atoms with E-state index in [1.165, 1.54) is 19.3 Å². The first kappa shape index (κ1) is 17.9. The number of unbranched alkanes of at least 4 members (excludes halogenated alkanes) is 3. The number of hydrogen-bond donors (Lipinski definition) is 1. The zero-order valence-corrected chi connectivity index (χ0v) is 12.5. The number of hydrogen-bond acceptors (Lipinski definition) is 2. The van der Waals surface area contributed by atoms with Crippen LogP contribution in [0.2, 0.25) is 0 Å². The van der Waals surface area contributed by atoms with Crippen molar-refractivity contribution >= 4 is 5.97 Å². The normalized spacial score (nSPS) is 12.6. The van der Waals surface area contributed by atoms with Gasteiger partial charge in [0.25, 0.3) is 0 Å². The molecule has 3 nitrogen and oxygen atoms in total. The van der Waals surface area contributed by atoms with Crippen molar-refractivity contribution in [1.29, 1.82) is 0 Å². The lowest BCUT2D eigenvalue weighted by Gasteiger charge is -2.19. The molecule has 0 atom stereocenters. The summed E-state index contributed by atoms with van der Waals surface area (Å²) >= 11 is 0. The van der Waals surface area contributed by atoms with Gasteiger partial charge >= 0.3 is 5.97 Å². The number of carbonyl (C=O) groups is 1. The molecule has 0 saturated carbocycles. The standard InChI is InChI=1S/C16H28O3/c1-4-5-6-7-8-9-10-11-12-13-14-19-16(2,3)15(17)18/h8-9,11-12H,4-7,10,13-14H2,1-3H3,(H,17,18)/b9-8-,12-11-. The van der Waals surface area contributed by atoms with Crippen molar-refractivity contribution in [3.05, 3.63) is 24.3 Å². The Kier molecular flexibility index (Phi) is 10.2. The third-order valence-electron chi connectivity index (χ3n) is 2.84. The van der Waals surface area contributed by atoms with Crippen LogP contribution in [0.1, 0.15) is 59.3 Å². The molecule has 110 valence electrons. The first-order valence-corrected chi connectivity index (χ1v) is 7.18. The van der Waals surface area contributed by atoms with Crippen LogP contribution in [-0.2, 0) is 9.53 Å². The van der Waals surface area contributed by atoms with E-state index in [2.05, 4.69) is 25.2 Å². The number of aliphatic carboxylic acids is 1. The summed E-state index contributed by atoms with van der Waals surface area (Å²) in [6, 6.07) is 0. The molecule has 0 aliphatic rings. The van der Waals surface area contributed by atoms with E-state index in [0.29, 0.717) is 6.61 Å². The van der Waals surface area contributed by atoms with Gasteiger partial charge in [0.1, 0.15) is 0 Å². The van der Waals surface area contributed by atoms with Gasteiger partial charge in [0, 0.05) is 0 Å². The number of ether oxygens (including phenoxy) is 1. The molecule has 3 heteroatoms. The summed E-state index contributed by atoms with van der Waals surface area (Å²) in [5.74, 6) is -0.925. The lowest BCUT2D eigenvalue weighted by atomic mass is 10.1. The minimum Gasteiger partial charge on any atom is -0.479 e. The fraction of sp³-hybridized carbons (Fsp3) is 0.688. The fourth-order valence-electron chi connectivity index (χ4n) is 1.46. The van der Waals surface area contributed by atoms with Crippen molar-refractivity contribution in [1.82, 2.24) is 0 Å². The van der Waals surface area contributed by atoms with Crippen molar-refractivity contribution < 1.29 is 14.6 Å². The molecule has 0 rings (SSSR count). The Labute approximate surface area is 117 Å². The van der Waals surface area contributed by atoms with E-state index in [0.717, 1.165) is 19.3 Å². The van der Waals surface area contributed by atoms with E-state index in [9.17, 15) is 4.79 Å². The Hall–Kier alpha value is -1.09. The molecule has 0 aromatic heterocycles. The van der Waals surface area contributed by atoms with E-state index >= 15 is 0 Å². The van der Waals surface area contributed by atoms with Gasteiger partial charge < -0.3 is 9.84 Å². The van der Waals surface area contributed by atoms with Crippen LogP contribution >= 0.6 is 0 Å². The quantitative estimate of drug-likeness (QED) is 0.448. The predicted octanol–water partition coefficient (Wildman–Crippen LogP) is 4.34. The molecule has 19 heavy (non-hydrogen) atoms. The van der Waals surface area contributed by atoms with Gasteiger partial charge in [0.05, 0.1) is 6.61 Å². The number of rotatable bonds is 11. The highest BCUT2D eigenvalue weighted by molar-refractivity contribution is 5.76. The number of carboxylic acids is 1. The Morgan fingerprint density at radius 2 is 1.74 bits per heavy atom. The van der Waals surface area contributed by atoms with Crippen molar-refractivity contribution in [2.24, 2.45) is 0 Å². The maximum absolute atomic E-state index is 10.8. The van der Waals surface area contributed by atoms with Gasteiger partial charge in [-0.1, -0.05) is 44.1 Å². The lowest BCUT2D eigenvalue weighted by molar-refractivity contribution is -0.161. The van der Waals surface area contributed by atoms with Crippen LogP contribution in [0.25, 0.3) is 0 Å².